The zero-order valence-electron chi connectivity index (χ0n) is 11.3. The van der Waals surface area contributed by atoms with E-state index in [1.807, 2.05) is 0 Å². The smallest absolute Gasteiger partial charge is 0.340 e. The topological polar surface area (TPSA) is 64.3 Å². The van der Waals surface area contributed by atoms with Gasteiger partial charge < -0.3 is 15.8 Å². The van der Waals surface area contributed by atoms with Crippen molar-refractivity contribution >= 4 is 39.0 Å². The molecule has 0 unspecified atom stereocenters. The molecule has 0 saturated heterocycles. The van der Waals surface area contributed by atoms with Crippen molar-refractivity contribution in [3.8, 4) is 0 Å². The van der Waals surface area contributed by atoms with Crippen LogP contribution in [-0.4, -0.2) is 12.6 Å². The highest BCUT2D eigenvalue weighted by atomic mass is 79.9. The van der Waals surface area contributed by atoms with Gasteiger partial charge in [0.2, 0.25) is 0 Å². The van der Waals surface area contributed by atoms with Gasteiger partial charge in [0, 0.05) is 4.47 Å². The van der Waals surface area contributed by atoms with E-state index in [0.717, 1.165) is 0 Å². The van der Waals surface area contributed by atoms with Gasteiger partial charge in [-0.3, -0.25) is 0 Å². The van der Waals surface area contributed by atoms with Crippen LogP contribution in [0.3, 0.4) is 0 Å². The number of anilines is 3. The van der Waals surface area contributed by atoms with E-state index in [-0.39, 0.29) is 23.5 Å². The second-order valence-electron chi connectivity index (χ2n) is 4.24. The number of carbonyl (C=O) groups is 1. The minimum absolute atomic E-state index is 0.221. The fraction of sp³-hybridized carbons (Fsp3) is 0.133. The maximum absolute atomic E-state index is 13.8. The van der Waals surface area contributed by atoms with Crippen molar-refractivity contribution in [1.29, 1.82) is 0 Å². The minimum Gasteiger partial charge on any atom is -0.462 e. The zero-order valence-corrected chi connectivity index (χ0v) is 12.9. The molecular weight excluding hydrogens is 339 g/mol. The summed E-state index contributed by atoms with van der Waals surface area (Å²) >= 11 is 3.19. The first-order chi connectivity index (χ1) is 10.0. The van der Waals surface area contributed by atoms with Gasteiger partial charge in [-0.2, -0.15) is 0 Å². The third-order valence-corrected chi connectivity index (χ3v) is 3.30. The summed E-state index contributed by atoms with van der Waals surface area (Å²) in [4.78, 5) is 11.8. The lowest BCUT2D eigenvalue weighted by Crippen LogP contribution is -2.09. The monoisotopic (exact) mass is 352 g/mol. The van der Waals surface area contributed by atoms with Crippen molar-refractivity contribution in [3.05, 3.63) is 52.3 Å². The fourth-order valence-electron chi connectivity index (χ4n) is 1.80. The Morgan fingerprint density at radius 2 is 2.10 bits per heavy atom. The summed E-state index contributed by atoms with van der Waals surface area (Å²) < 4.78 is 19.4. The Balaban J connectivity index is 2.32. The second-order valence-corrected chi connectivity index (χ2v) is 5.15. The molecule has 2 aromatic rings. The molecule has 0 atom stereocenters. The first-order valence-electron chi connectivity index (χ1n) is 6.30. The van der Waals surface area contributed by atoms with Gasteiger partial charge in [-0.05, 0) is 37.3 Å². The lowest BCUT2D eigenvalue weighted by Gasteiger charge is -2.13. The molecule has 0 aliphatic carbocycles. The van der Waals surface area contributed by atoms with E-state index >= 15 is 0 Å². The van der Waals surface area contributed by atoms with Crippen LogP contribution in [0.25, 0.3) is 0 Å². The number of nitrogens with two attached hydrogens (primary N) is 1. The maximum Gasteiger partial charge on any atom is 0.340 e. The molecule has 2 aromatic carbocycles. The molecule has 0 aromatic heterocycles. The van der Waals surface area contributed by atoms with E-state index in [0.29, 0.717) is 10.2 Å². The summed E-state index contributed by atoms with van der Waals surface area (Å²) in [6.45, 7) is 1.98. The molecule has 0 amide bonds. The van der Waals surface area contributed by atoms with Crippen LogP contribution in [0.15, 0.2) is 40.9 Å². The van der Waals surface area contributed by atoms with E-state index in [1.54, 1.807) is 37.3 Å². The SMILES string of the molecule is CCOC(=O)c1cccc(Nc2ccc(Br)cc2F)c1N. The Hall–Kier alpha value is -2.08. The summed E-state index contributed by atoms with van der Waals surface area (Å²) in [5.41, 5.74) is 7.13. The number of rotatable bonds is 4. The standard InChI is InChI=1S/C15H14BrFN2O2/c1-2-21-15(20)10-4-3-5-13(14(10)18)19-12-7-6-9(16)8-11(12)17/h3-8,19H,2,18H2,1H3. The highest BCUT2D eigenvalue weighted by Gasteiger charge is 2.14. The summed E-state index contributed by atoms with van der Waals surface area (Å²) in [5, 5.41) is 2.88. The van der Waals surface area contributed by atoms with Crippen LogP contribution in [-0.2, 0) is 4.74 Å². The number of halogens is 2. The molecule has 4 nitrogen and oxygen atoms in total. The Morgan fingerprint density at radius 1 is 1.33 bits per heavy atom. The highest BCUT2D eigenvalue weighted by Crippen LogP contribution is 2.29. The normalized spacial score (nSPS) is 10.2. The molecule has 6 heteroatoms. The van der Waals surface area contributed by atoms with Crippen LogP contribution in [0.1, 0.15) is 17.3 Å². The third-order valence-electron chi connectivity index (χ3n) is 2.80. The molecule has 21 heavy (non-hydrogen) atoms. The zero-order chi connectivity index (χ0) is 15.4. The molecule has 0 bridgehead atoms. The van der Waals surface area contributed by atoms with Crippen LogP contribution in [0, 0.1) is 5.82 Å². The third kappa shape index (κ3) is 3.52. The van der Waals surface area contributed by atoms with Gasteiger partial charge in [0.1, 0.15) is 5.82 Å². The summed E-state index contributed by atoms with van der Waals surface area (Å²) in [7, 11) is 0. The Morgan fingerprint density at radius 3 is 2.76 bits per heavy atom. The van der Waals surface area contributed by atoms with E-state index in [2.05, 4.69) is 21.2 Å². The average Bonchev–Trinajstić information content (AvgIpc) is 2.44. The summed E-state index contributed by atoms with van der Waals surface area (Å²) in [5.74, 6) is -0.930. The molecule has 2 rings (SSSR count). The minimum atomic E-state index is -0.505. The molecule has 0 radical (unpaired) electrons. The van der Waals surface area contributed by atoms with Gasteiger partial charge in [-0.1, -0.05) is 22.0 Å². The number of para-hydroxylation sites is 1. The van der Waals surface area contributed by atoms with Crippen molar-refractivity contribution in [3.63, 3.8) is 0 Å². The largest absolute Gasteiger partial charge is 0.462 e. The van der Waals surface area contributed by atoms with Crippen LogP contribution in [0.2, 0.25) is 0 Å². The van der Waals surface area contributed by atoms with Crippen molar-refractivity contribution in [2.24, 2.45) is 0 Å². The molecule has 0 aliphatic rings. The maximum atomic E-state index is 13.8. The predicted octanol–water partition coefficient (Wildman–Crippen LogP) is 4.09. The van der Waals surface area contributed by atoms with E-state index < -0.39 is 11.8 Å². The number of nitrogen functional groups attached to an aromatic ring is 1. The Bertz CT molecular complexity index is 677. The van der Waals surface area contributed by atoms with Gasteiger partial charge in [-0.25, -0.2) is 9.18 Å². The van der Waals surface area contributed by atoms with Crippen LogP contribution >= 0.6 is 15.9 Å². The van der Waals surface area contributed by atoms with Gasteiger partial charge >= 0.3 is 5.97 Å². The number of benzene rings is 2. The van der Waals surface area contributed by atoms with Crippen molar-refractivity contribution < 1.29 is 13.9 Å². The highest BCUT2D eigenvalue weighted by molar-refractivity contribution is 9.10. The van der Waals surface area contributed by atoms with Crippen molar-refractivity contribution in [2.45, 2.75) is 6.92 Å². The van der Waals surface area contributed by atoms with E-state index in [4.69, 9.17) is 10.5 Å². The fourth-order valence-corrected chi connectivity index (χ4v) is 2.13. The number of esters is 1. The average molecular weight is 353 g/mol. The molecule has 3 N–H and O–H groups in total. The Labute approximate surface area is 130 Å². The van der Waals surface area contributed by atoms with E-state index in [9.17, 15) is 9.18 Å². The number of ether oxygens (including phenoxy) is 1. The first-order valence-corrected chi connectivity index (χ1v) is 7.10. The molecule has 0 heterocycles. The summed E-state index contributed by atoms with van der Waals surface area (Å²) in [6.07, 6.45) is 0. The van der Waals surface area contributed by atoms with Gasteiger partial charge in [0.15, 0.2) is 0 Å². The molecule has 0 fully saturated rings. The molecule has 0 saturated carbocycles. The molecule has 0 aliphatic heterocycles. The second kappa shape index (κ2) is 6.58. The molecule has 0 spiro atoms. The van der Waals surface area contributed by atoms with Crippen LogP contribution in [0.5, 0.6) is 0 Å². The number of carbonyl (C=O) groups excluding carboxylic acids is 1. The molecule has 110 valence electrons. The number of hydrogen-bond donors (Lipinski definition) is 2. The first kappa shape index (κ1) is 15.3. The Kier molecular flexibility index (Phi) is 4.80. The molecular formula is C15H14BrFN2O2. The predicted molar refractivity (Wildman–Crippen MR) is 84.2 cm³/mol. The van der Waals surface area contributed by atoms with E-state index in [1.165, 1.54) is 6.07 Å². The van der Waals surface area contributed by atoms with Gasteiger partial charge in [-0.15, -0.1) is 0 Å². The number of hydrogen-bond acceptors (Lipinski definition) is 4. The van der Waals surface area contributed by atoms with Crippen LogP contribution in [0.4, 0.5) is 21.5 Å². The van der Waals surface area contributed by atoms with Gasteiger partial charge in [0.25, 0.3) is 0 Å². The van der Waals surface area contributed by atoms with Crippen molar-refractivity contribution in [1.82, 2.24) is 0 Å². The quantitative estimate of drug-likeness (QED) is 0.642. The van der Waals surface area contributed by atoms with Crippen LogP contribution < -0.4 is 11.1 Å². The van der Waals surface area contributed by atoms with Gasteiger partial charge in [0.05, 0.1) is 29.2 Å². The summed E-state index contributed by atoms with van der Waals surface area (Å²) in [6, 6.07) is 9.51. The number of nitrogens with one attached hydrogen (secondary N) is 1. The van der Waals surface area contributed by atoms with Crippen molar-refractivity contribution in [2.75, 3.05) is 17.7 Å². The lowest BCUT2D eigenvalue weighted by atomic mass is 10.1. The lowest BCUT2D eigenvalue weighted by molar-refractivity contribution is 0.0527.